The average Bonchev–Trinajstić information content (AvgIpc) is 2.41. The number of alkyl halides is 3. The van der Waals surface area contributed by atoms with Gasteiger partial charge in [0.1, 0.15) is 5.02 Å². The number of halogens is 4. The number of hydrogen-bond acceptors (Lipinski definition) is 3. The summed E-state index contributed by atoms with van der Waals surface area (Å²) in [4.78, 5) is 11.9. The van der Waals surface area contributed by atoms with Gasteiger partial charge in [-0.15, -0.1) is 0 Å². The van der Waals surface area contributed by atoms with Crippen LogP contribution in [0.1, 0.15) is 5.56 Å². The molecule has 0 aliphatic heterocycles. The first kappa shape index (κ1) is 14.4. The van der Waals surface area contributed by atoms with Crippen molar-refractivity contribution in [3.63, 3.8) is 0 Å². The number of anilines is 1. The predicted octanol–water partition coefficient (Wildman–Crippen LogP) is 2.95. The third kappa shape index (κ3) is 2.62. The Hall–Kier alpha value is -2.02. The number of nitrogens with one attached hydrogen (secondary N) is 1. The Labute approximate surface area is 116 Å². The van der Waals surface area contributed by atoms with Gasteiger partial charge in [0.15, 0.2) is 0 Å². The topological polar surface area (TPSA) is 46.9 Å². The van der Waals surface area contributed by atoms with Gasteiger partial charge in [-0.25, -0.2) is 0 Å². The lowest BCUT2D eigenvalue weighted by atomic mass is 10.2. The summed E-state index contributed by atoms with van der Waals surface area (Å²) in [5.74, 6) is 0. The van der Waals surface area contributed by atoms with Gasteiger partial charge in [-0.2, -0.15) is 23.0 Å². The highest BCUT2D eigenvalue weighted by Gasteiger charge is 2.30. The number of rotatable bonds is 2. The molecule has 1 aromatic carbocycles. The number of benzene rings is 1. The van der Waals surface area contributed by atoms with Gasteiger partial charge in [-0.1, -0.05) is 11.6 Å². The van der Waals surface area contributed by atoms with E-state index in [9.17, 15) is 18.0 Å². The summed E-state index contributed by atoms with van der Waals surface area (Å²) < 4.78 is 38.3. The lowest BCUT2D eigenvalue weighted by Gasteiger charge is -2.10. The first-order valence-electron chi connectivity index (χ1n) is 5.48. The van der Waals surface area contributed by atoms with Gasteiger partial charge in [0.25, 0.3) is 5.56 Å². The molecular formula is C12H9ClF3N3O. The zero-order chi connectivity index (χ0) is 14.9. The molecule has 0 spiro atoms. The first-order chi connectivity index (χ1) is 9.34. The maximum Gasteiger partial charge on any atom is 0.416 e. The third-order valence-electron chi connectivity index (χ3n) is 2.63. The van der Waals surface area contributed by atoms with Crippen molar-refractivity contribution in [1.29, 1.82) is 0 Å². The third-order valence-corrected chi connectivity index (χ3v) is 2.99. The smallest absolute Gasteiger partial charge is 0.385 e. The number of nitrogens with zero attached hydrogens (tertiary/aromatic N) is 2. The van der Waals surface area contributed by atoms with E-state index in [0.717, 1.165) is 28.9 Å². The van der Waals surface area contributed by atoms with Crippen LogP contribution in [0.5, 0.6) is 0 Å². The predicted molar refractivity (Wildman–Crippen MR) is 69.4 cm³/mol. The zero-order valence-corrected chi connectivity index (χ0v) is 11.0. The molecule has 0 aliphatic rings. The maximum atomic E-state index is 12.5. The second-order valence-electron chi connectivity index (χ2n) is 3.88. The summed E-state index contributed by atoms with van der Waals surface area (Å²) >= 11 is 5.84. The molecule has 0 bridgehead atoms. The Morgan fingerprint density at radius 2 is 1.85 bits per heavy atom. The highest BCUT2D eigenvalue weighted by atomic mass is 35.5. The van der Waals surface area contributed by atoms with Crippen molar-refractivity contribution in [2.24, 2.45) is 0 Å². The van der Waals surface area contributed by atoms with Crippen LogP contribution in [0.2, 0.25) is 5.02 Å². The highest BCUT2D eigenvalue weighted by molar-refractivity contribution is 6.32. The van der Waals surface area contributed by atoms with Gasteiger partial charge < -0.3 is 5.32 Å². The van der Waals surface area contributed by atoms with Crippen molar-refractivity contribution >= 4 is 17.3 Å². The van der Waals surface area contributed by atoms with Gasteiger partial charge in [0, 0.05) is 7.05 Å². The standard InChI is InChI=1S/C12H9ClF3N3O/c1-17-9-6-18-19(11(20)10(9)13)8-4-2-7(3-5-8)12(14,15)16/h2-6,17H,1H3. The van der Waals surface area contributed by atoms with Crippen molar-refractivity contribution in [3.8, 4) is 5.69 Å². The molecule has 0 saturated heterocycles. The molecule has 4 nitrogen and oxygen atoms in total. The van der Waals surface area contributed by atoms with Crippen molar-refractivity contribution in [2.45, 2.75) is 6.18 Å². The van der Waals surface area contributed by atoms with E-state index in [1.165, 1.54) is 6.20 Å². The van der Waals surface area contributed by atoms with Crippen LogP contribution < -0.4 is 10.9 Å². The quantitative estimate of drug-likeness (QED) is 0.928. The van der Waals surface area contributed by atoms with Crippen molar-refractivity contribution in [1.82, 2.24) is 9.78 Å². The minimum Gasteiger partial charge on any atom is -0.385 e. The molecule has 20 heavy (non-hydrogen) atoms. The molecule has 2 aromatic rings. The Morgan fingerprint density at radius 1 is 1.25 bits per heavy atom. The minimum absolute atomic E-state index is 0.0811. The van der Waals surface area contributed by atoms with Crippen LogP contribution in [0.3, 0.4) is 0 Å². The Morgan fingerprint density at radius 3 is 2.35 bits per heavy atom. The largest absolute Gasteiger partial charge is 0.416 e. The minimum atomic E-state index is -4.43. The summed E-state index contributed by atoms with van der Waals surface area (Å²) in [7, 11) is 1.57. The molecule has 1 N–H and O–H groups in total. The Balaban J connectivity index is 2.48. The van der Waals surface area contributed by atoms with E-state index in [2.05, 4.69) is 10.4 Å². The normalized spacial score (nSPS) is 11.4. The summed E-state index contributed by atoms with van der Waals surface area (Å²) in [5, 5.41) is 6.45. The van der Waals surface area contributed by atoms with Crippen LogP contribution in [-0.4, -0.2) is 16.8 Å². The van der Waals surface area contributed by atoms with Gasteiger partial charge in [-0.3, -0.25) is 4.79 Å². The average molecular weight is 304 g/mol. The van der Waals surface area contributed by atoms with E-state index >= 15 is 0 Å². The van der Waals surface area contributed by atoms with Crippen LogP contribution >= 0.6 is 11.6 Å². The molecule has 0 aliphatic carbocycles. The fourth-order valence-corrected chi connectivity index (χ4v) is 1.81. The zero-order valence-electron chi connectivity index (χ0n) is 10.2. The molecule has 8 heteroatoms. The van der Waals surface area contributed by atoms with E-state index < -0.39 is 17.3 Å². The van der Waals surface area contributed by atoms with Gasteiger partial charge >= 0.3 is 6.18 Å². The van der Waals surface area contributed by atoms with Crippen LogP contribution in [0, 0.1) is 0 Å². The number of hydrogen-bond donors (Lipinski definition) is 1. The second-order valence-corrected chi connectivity index (χ2v) is 4.26. The Bertz CT molecular complexity index is 680. The summed E-state index contributed by atoms with van der Waals surface area (Å²) in [6.07, 6.45) is -3.11. The molecule has 0 radical (unpaired) electrons. The van der Waals surface area contributed by atoms with E-state index in [0.29, 0.717) is 5.69 Å². The summed E-state index contributed by atoms with van der Waals surface area (Å²) in [5.41, 5.74) is -0.863. The second kappa shape index (κ2) is 5.16. The monoisotopic (exact) mass is 303 g/mol. The van der Waals surface area contributed by atoms with Crippen LogP contribution in [0.25, 0.3) is 5.69 Å². The fraction of sp³-hybridized carbons (Fsp3) is 0.167. The molecular weight excluding hydrogens is 295 g/mol. The van der Waals surface area contributed by atoms with E-state index in [4.69, 9.17) is 11.6 Å². The maximum absolute atomic E-state index is 12.5. The summed E-state index contributed by atoms with van der Waals surface area (Å²) in [6.45, 7) is 0. The fourth-order valence-electron chi connectivity index (χ4n) is 1.58. The molecule has 0 fully saturated rings. The van der Waals surface area contributed by atoms with Gasteiger partial charge in [0.05, 0.1) is 23.1 Å². The lowest BCUT2D eigenvalue weighted by Crippen LogP contribution is -2.22. The molecule has 1 aromatic heterocycles. The SMILES string of the molecule is CNc1cnn(-c2ccc(C(F)(F)F)cc2)c(=O)c1Cl. The lowest BCUT2D eigenvalue weighted by molar-refractivity contribution is -0.137. The van der Waals surface area contributed by atoms with Crippen molar-refractivity contribution in [2.75, 3.05) is 12.4 Å². The van der Waals surface area contributed by atoms with Crippen molar-refractivity contribution < 1.29 is 13.2 Å². The molecule has 0 saturated carbocycles. The molecule has 2 rings (SSSR count). The van der Waals surface area contributed by atoms with E-state index in [-0.39, 0.29) is 10.7 Å². The van der Waals surface area contributed by atoms with Gasteiger partial charge in [0.2, 0.25) is 0 Å². The number of aromatic nitrogens is 2. The summed E-state index contributed by atoms with van der Waals surface area (Å²) in [6, 6.07) is 4.08. The Kier molecular flexibility index (Phi) is 3.71. The molecule has 0 amide bonds. The molecule has 106 valence electrons. The molecule has 0 atom stereocenters. The van der Waals surface area contributed by atoms with Crippen molar-refractivity contribution in [3.05, 3.63) is 51.4 Å². The molecule has 1 heterocycles. The highest BCUT2D eigenvalue weighted by Crippen LogP contribution is 2.29. The van der Waals surface area contributed by atoms with Gasteiger partial charge in [-0.05, 0) is 24.3 Å². The van der Waals surface area contributed by atoms with Crippen LogP contribution in [0.15, 0.2) is 35.3 Å². The van der Waals surface area contributed by atoms with Crippen LogP contribution in [-0.2, 0) is 6.18 Å². The van der Waals surface area contributed by atoms with E-state index in [1.807, 2.05) is 0 Å². The van der Waals surface area contributed by atoms with Crippen LogP contribution in [0.4, 0.5) is 18.9 Å². The first-order valence-corrected chi connectivity index (χ1v) is 5.85. The van der Waals surface area contributed by atoms with E-state index in [1.54, 1.807) is 7.05 Å². The molecule has 0 unspecified atom stereocenters.